The maximum Gasteiger partial charge on any atom is 0.326 e. The Morgan fingerprint density at radius 2 is 1.04 bits per heavy atom. The Balaban J connectivity index is 3.88. The molecule has 0 fully saturated rings. The van der Waals surface area contributed by atoms with Gasteiger partial charge < -0.3 is 55.7 Å². The first-order chi connectivity index (χ1) is 25.0. The lowest BCUT2D eigenvalue weighted by Gasteiger charge is -2.18. The first kappa shape index (κ1) is 48.6. The van der Waals surface area contributed by atoms with Gasteiger partial charge >= 0.3 is 11.9 Å². The van der Waals surface area contributed by atoms with E-state index in [0.29, 0.717) is 19.5 Å². The van der Waals surface area contributed by atoms with Crippen molar-refractivity contribution in [1.82, 2.24) is 26.6 Å². The third kappa shape index (κ3) is 29.2. The molecule has 0 heterocycles. The second kappa shape index (κ2) is 33.4. The minimum Gasteiger partial charge on any atom is -0.481 e. The summed E-state index contributed by atoms with van der Waals surface area (Å²) in [6.45, 7) is 3.87. The van der Waals surface area contributed by atoms with Crippen molar-refractivity contribution in [2.24, 2.45) is 5.92 Å². The summed E-state index contributed by atoms with van der Waals surface area (Å²) in [7, 11) is 0. The molecular formula is C33H58BrN5O13. The van der Waals surface area contributed by atoms with Gasteiger partial charge in [0.2, 0.25) is 29.5 Å². The Kier molecular flexibility index (Phi) is 31.3. The molecule has 0 aliphatic rings. The number of rotatable bonds is 35. The lowest BCUT2D eigenvalue weighted by Crippen LogP contribution is -2.46. The van der Waals surface area contributed by atoms with Crippen LogP contribution in [0.2, 0.25) is 0 Å². The van der Waals surface area contributed by atoms with E-state index in [1.54, 1.807) is 0 Å². The van der Waals surface area contributed by atoms with Crippen LogP contribution < -0.4 is 26.6 Å². The Morgan fingerprint density at radius 3 is 1.56 bits per heavy atom. The highest BCUT2D eigenvalue weighted by atomic mass is 79.9. The van der Waals surface area contributed by atoms with E-state index in [0.717, 1.165) is 38.5 Å². The number of carboxylic acid groups (broad SMARTS) is 2. The summed E-state index contributed by atoms with van der Waals surface area (Å²) < 4.78 is 21.1. The maximum absolute atomic E-state index is 12.5. The third-order valence-electron chi connectivity index (χ3n) is 7.22. The van der Waals surface area contributed by atoms with E-state index in [4.69, 9.17) is 18.9 Å². The second-order valence-electron chi connectivity index (χ2n) is 11.6. The van der Waals surface area contributed by atoms with Gasteiger partial charge in [0, 0.05) is 32.6 Å². The molecule has 1 unspecified atom stereocenters. The van der Waals surface area contributed by atoms with E-state index >= 15 is 0 Å². The highest BCUT2D eigenvalue weighted by molar-refractivity contribution is 9.09. The smallest absolute Gasteiger partial charge is 0.326 e. The Morgan fingerprint density at radius 1 is 0.558 bits per heavy atom. The Labute approximate surface area is 313 Å². The van der Waals surface area contributed by atoms with Gasteiger partial charge in [0.15, 0.2) is 0 Å². The van der Waals surface area contributed by atoms with Gasteiger partial charge in [0.05, 0.1) is 45.0 Å². The van der Waals surface area contributed by atoms with Gasteiger partial charge in [-0.3, -0.25) is 28.8 Å². The predicted octanol–water partition coefficient (Wildman–Crippen LogP) is 0.104. The van der Waals surface area contributed by atoms with E-state index < -0.39 is 35.7 Å². The van der Waals surface area contributed by atoms with Crippen molar-refractivity contribution in [3.63, 3.8) is 0 Å². The molecule has 300 valence electrons. The van der Waals surface area contributed by atoms with Crippen molar-refractivity contribution in [3.8, 4) is 0 Å². The number of carboxylic acids is 2. The minimum atomic E-state index is -1.41. The second-order valence-corrected chi connectivity index (χ2v) is 12.2. The van der Waals surface area contributed by atoms with Crippen LogP contribution in [0.1, 0.15) is 71.1 Å². The third-order valence-corrected chi connectivity index (χ3v) is 7.73. The van der Waals surface area contributed by atoms with Crippen molar-refractivity contribution >= 4 is 57.4 Å². The van der Waals surface area contributed by atoms with Crippen LogP contribution in [0.4, 0.5) is 0 Å². The first-order valence-corrected chi connectivity index (χ1v) is 18.8. The standard InChI is InChI=1S/C33H58BrN5O13/c1-2-3-4-5-6-7-8-9-25(32(45)46)31(44)39-26(33(47)48)10-11-27(40)37-14-16-49-18-21-52-24-30(43)38-15-17-50-19-20-51-23-29(42)36-13-12-35-28(41)22-34/h25-26H,2-24H2,1H3,(H,35,41)(H,36,42)(H,37,40)(H,38,43)(H,39,44)(H,45,46)(H,47,48)/t25?,26-/m0/s1. The SMILES string of the molecule is CCCCCCCCCC(C(=O)O)C(=O)N[C@@H](CCC(=O)NCCOCCOCC(=O)NCCOCCOCC(=O)NCCNC(=O)CBr)C(=O)O. The average Bonchev–Trinajstić information content (AvgIpc) is 3.11. The monoisotopic (exact) mass is 811 g/mol. The maximum atomic E-state index is 12.5. The molecule has 18 nitrogen and oxygen atoms in total. The van der Waals surface area contributed by atoms with Gasteiger partial charge in [-0.15, -0.1) is 0 Å². The van der Waals surface area contributed by atoms with Gasteiger partial charge in [-0.1, -0.05) is 67.8 Å². The summed E-state index contributed by atoms with van der Waals surface area (Å²) in [5, 5.41) is 31.8. The van der Waals surface area contributed by atoms with Gasteiger partial charge in [-0.2, -0.15) is 0 Å². The highest BCUT2D eigenvalue weighted by Crippen LogP contribution is 2.14. The largest absolute Gasteiger partial charge is 0.481 e. The van der Waals surface area contributed by atoms with Crippen LogP contribution in [0.5, 0.6) is 0 Å². The molecular weight excluding hydrogens is 754 g/mol. The number of amides is 5. The molecule has 0 aromatic carbocycles. The van der Waals surface area contributed by atoms with E-state index in [1.807, 2.05) is 0 Å². The zero-order chi connectivity index (χ0) is 38.8. The first-order valence-electron chi connectivity index (χ1n) is 17.7. The van der Waals surface area contributed by atoms with Gasteiger partial charge in [0.25, 0.3) is 0 Å². The molecule has 52 heavy (non-hydrogen) atoms. The molecule has 7 N–H and O–H groups in total. The average molecular weight is 813 g/mol. The molecule has 0 rings (SSSR count). The number of hydrogen-bond donors (Lipinski definition) is 7. The molecule has 0 aromatic heterocycles. The number of aliphatic carboxylic acids is 2. The fourth-order valence-electron chi connectivity index (χ4n) is 4.41. The number of hydrogen-bond acceptors (Lipinski definition) is 11. The molecule has 0 saturated carbocycles. The summed E-state index contributed by atoms with van der Waals surface area (Å²) in [5.74, 6) is -6.20. The van der Waals surface area contributed by atoms with Crippen molar-refractivity contribution in [2.45, 2.75) is 77.2 Å². The van der Waals surface area contributed by atoms with E-state index in [1.165, 1.54) is 0 Å². The number of unbranched alkanes of at least 4 members (excludes halogenated alkanes) is 6. The summed E-state index contributed by atoms with van der Waals surface area (Å²) in [5.41, 5.74) is 0. The molecule has 0 saturated heterocycles. The molecule has 0 aliphatic carbocycles. The van der Waals surface area contributed by atoms with Crippen LogP contribution in [0.25, 0.3) is 0 Å². The quantitative estimate of drug-likeness (QED) is 0.0255. The van der Waals surface area contributed by atoms with Crippen LogP contribution in [-0.2, 0) is 52.5 Å². The fourth-order valence-corrected chi connectivity index (χ4v) is 4.61. The highest BCUT2D eigenvalue weighted by Gasteiger charge is 2.30. The zero-order valence-electron chi connectivity index (χ0n) is 30.2. The summed E-state index contributed by atoms with van der Waals surface area (Å²) in [6, 6.07) is -1.41. The van der Waals surface area contributed by atoms with Crippen LogP contribution in [-0.4, -0.2) is 142 Å². The number of carbonyl (C=O) groups is 7. The molecule has 0 spiro atoms. The summed E-state index contributed by atoms with van der Waals surface area (Å²) in [4.78, 5) is 82.5. The fraction of sp³-hybridized carbons (Fsp3) is 0.788. The van der Waals surface area contributed by atoms with Crippen molar-refractivity contribution in [3.05, 3.63) is 0 Å². The van der Waals surface area contributed by atoms with Crippen LogP contribution in [0, 0.1) is 5.92 Å². The number of halogens is 1. The van der Waals surface area contributed by atoms with Crippen molar-refractivity contribution in [1.29, 1.82) is 0 Å². The van der Waals surface area contributed by atoms with Crippen molar-refractivity contribution < 1.29 is 62.7 Å². The predicted molar refractivity (Wildman–Crippen MR) is 192 cm³/mol. The molecule has 0 aliphatic heterocycles. The Bertz CT molecular complexity index is 1050. The lowest BCUT2D eigenvalue weighted by atomic mass is 9.98. The molecule has 0 aromatic rings. The van der Waals surface area contributed by atoms with Crippen LogP contribution in [0.3, 0.4) is 0 Å². The number of alkyl halides is 1. The minimum absolute atomic E-state index is 0.114. The van der Waals surface area contributed by atoms with E-state index in [-0.39, 0.29) is 108 Å². The molecule has 0 bridgehead atoms. The van der Waals surface area contributed by atoms with E-state index in [9.17, 15) is 43.8 Å². The molecule has 0 radical (unpaired) electrons. The number of nitrogens with one attached hydrogen (secondary N) is 5. The summed E-state index contributed by atoms with van der Waals surface area (Å²) >= 11 is 3.02. The zero-order valence-corrected chi connectivity index (χ0v) is 31.8. The molecule has 5 amide bonds. The topological polar surface area (TPSA) is 257 Å². The Hall–Kier alpha value is -3.39. The van der Waals surface area contributed by atoms with Crippen LogP contribution in [0.15, 0.2) is 0 Å². The van der Waals surface area contributed by atoms with Gasteiger partial charge in [-0.05, 0) is 12.8 Å². The number of ether oxygens (including phenoxy) is 4. The van der Waals surface area contributed by atoms with Gasteiger partial charge in [0.1, 0.15) is 25.2 Å². The van der Waals surface area contributed by atoms with Gasteiger partial charge in [-0.25, -0.2) is 4.79 Å². The van der Waals surface area contributed by atoms with Crippen LogP contribution >= 0.6 is 15.9 Å². The lowest BCUT2D eigenvalue weighted by molar-refractivity contribution is -0.150. The van der Waals surface area contributed by atoms with Crippen molar-refractivity contribution in [2.75, 3.05) is 84.4 Å². The molecule has 19 heteroatoms. The van der Waals surface area contributed by atoms with E-state index in [2.05, 4.69) is 49.4 Å². The normalized spacial score (nSPS) is 12.0. The molecule has 2 atom stereocenters. The number of carbonyl (C=O) groups excluding carboxylic acids is 5. The summed E-state index contributed by atoms with van der Waals surface area (Å²) in [6.07, 6.45) is 6.44.